The fourth-order valence-corrected chi connectivity index (χ4v) is 2.03. The highest BCUT2D eigenvalue weighted by atomic mass is 19.4. The molecule has 0 aliphatic carbocycles. The third kappa shape index (κ3) is 3.06. The average Bonchev–Trinajstić information content (AvgIpc) is 2.75. The van der Waals surface area contributed by atoms with Gasteiger partial charge in [0.25, 0.3) is 0 Å². The third-order valence-corrected chi connectivity index (χ3v) is 2.93. The smallest absolute Gasteiger partial charge is 0.391 e. The lowest BCUT2D eigenvalue weighted by molar-refractivity contribution is -0.142. The number of rotatable bonds is 3. The SMILES string of the molecule is Cc1cc(N)ccc1-c1nnnn1C(C)CC(F)(F)F. The molecule has 0 aliphatic heterocycles. The first-order valence-corrected chi connectivity index (χ1v) is 5.99. The van der Waals surface area contributed by atoms with Crippen molar-refractivity contribution >= 4 is 5.69 Å². The van der Waals surface area contributed by atoms with Crippen molar-refractivity contribution in [1.82, 2.24) is 20.2 Å². The van der Waals surface area contributed by atoms with Crippen LogP contribution < -0.4 is 5.73 Å². The van der Waals surface area contributed by atoms with E-state index in [4.69, 9.17) is 5.73 Å². The zero-order valence-corrected chi connectivity index (χ0v) is 11.0. The van der Waals surface area contributed by atoms with Crippen LogP contribution in [0.2, 0.25) is 0 Å². The van der Waals surface area contributed by atoms with Gasteiger partial charge in [-0.05, 0) is 48.0 Å². The molecule has 1 unspecified atom stereocenters. The molecule has 1 aromatic heterocycles. The standard InChI is InChI=1S/C12H14F3N5/c1-7-5-9(16)3-4-10(7)11-17-18-19-20(11)8(2)6-12(13,14)15/h3-5,8H,6,16H2,1-2H3. The molecular formula is C12H14F3N5. The van der Waals surface area contributed by atoms with Crippen molar-refractivity contribution in [3.05, 3.63) is 23.8 Å². The van der Waals surface area contributed by atoms with Crippen LogP contribution in [0.3, 0.4) is 0 Å². The number of nitrogens with two attached hydrogens (primary N) is 1. The van der Waals surface area contributed by atoms with E-state index in [-0.39, 0.29) is 0 Å². The van der Waals surface area contributed by atoms with Crippen molar-refractivity contribution in [2.24, 2.45) is 0 Å². The van der Waals surface area contributed by atoms with E-state index in [0.29, 0.717) is 17.1 Å². The quantitative estimate of drug-likeness (QED) is 0.880. The van der Waals surface area contributed by atoms with Crippen LogP contribution in [0.5, 0.6) is 0 Å². The second-order valence-electron chi connectivity index (χ2n) is 4.69. The maximum Gasteiger partial charge on any atom is 0.391 e. The van der Waals surface area contributed by atoms with Crippen LogP contribution in [-0.2, 0) is 0 Å². The predicted molar refractivity (Wildman–Crippen MR) is 67.8 cm³/mol. The number of benzene rings is 1. The molecule has 0 amide bonds. The Hall–Kier alpha value is -2.12. The van der Waals surface area contributed by atoms with Crippen molar-refractivity contribution in [2.75, 3.05) is 5.73 Å². The van der Waals surface area contributed by atoms with E-state index in [0.717, 1.165) is 5.56 Å². The van der Waals surface area contributed by atoms with Gasteiger partial charge in [-0.3, -0.25) is 0 Å². The Morgan fingerprint density at radius 3 is 2.65 bits per heavy atom. The first-order valence-electron chi connectivity index (χ1n) is 5.99. The van der Waals surface area contributed by atoms with Gasteiger partial charge in [0, 0.05) is 11.3 Å². The Labute approximate surface area is 113 Å². The fraction of sp³-hybridized carbons (Fsp3) is 0.417. The van der Waals surface area contributed by atoms with Gasteiger partial charge in [0.2, 0.25) is 0 Å². The Morgan fingerprint density at radius 2 is 2.05 bits per heavy atom. The highest BCUT2D eigenvalue weighted by Gasteiger charge is 2.32. The topological polar surface area (TPSA) is 69.6 Å². The predicted octanol–water partition coefficient (Wildman–Crippen LogP) is 2.74. The zero-order chi connectivity index (χ0) is 14.9. The van der Waals surface area contributed by atoms with Gasteiger partial charge in [0.1, 0.15) is 0 Å². The van der Waals surface area contributed by atoms with Crippen LogP contribution in [0.15, 0.2) is 18.2 Å². The van der Waals surface area contributed by atoms with Crippen LogP contribution in [-0.4, -0.2) is 26.4 Å². The van der Waals surface area contributed by atoms with Gasteiger partial charge < -0.3 is 5.73 Å². The summed E-state index contributed by atoms with van der Waals surface area (Å²) in [4.78, 5) is 0. The van der Waals surface area contributed by atoms with Crippen molar-refractivity contribution < 1.29 is 13.2 Å². The summed E-state index contributed by atoms with van der Waals surface area (Å²) >= 11 is 0. The summed E-state index contributed by atoms with van der Waals surface area (Å²) in [6, 6.07) is 4.21. The highest BCUT2D eigenvalue weighted by Crippen LogP contribution is 2.30. The summed E-state index contributed by atoms with van der Waals surface area (Å²) < 4.78 is 38.6. The summed E-state index contributed by atoms with van der Waals surface area (Å²) in [6.07, 6.45) is -5.25. The lowest BCUT2D eigenvalue weighted by Crippen LogP contribution is -2.18. The molecule has 2 rings (SSSR count). The van der Waals surface area contributed by atoms with E-state index >= 15 is 0 Å². The maximum atomic E-state index is 12.5. The minimum absolute atomic E-state index is 0.305. The molecule has 108 valence electrons. The first kappa shape index (κ1) is 14.3. The number of alkyl halides is 3. The van der Waals surface area contributed by atoms with E-state index in [1.165, 1.54) is 11.6 Å². The largest absolute Gasteiger partial charge is 0.399 e. The van der Waals surface area contributed by atoms with E-state index in [1.54, 1.807) is 25.1 Å². The van der Waals surface area contributed by atoms with Gasteiger partial charge in [-0.2, -0.15) is 13.2 Å². The number of aromatic nitrogens is 4. The number of nitrogens with zero attached hydrogens (tertiary/aromatic N) is 4. The van der Waals surface area contributed by atoms with Gasteiger partial charge in [0.15, 0.2) is 5.82 Å². The molecule has 0 radical (unpaired) electrons. The molecule has 0 saturated heterocycles. The number of tetrazole rings is 1. The van der Waals surface area contributed by atoms with Gasteiger partial charge in [-0.25, -0.2) is 4.68 Å². The third-order valence-electron chi connectivity index (χ3n) is 2.93. The minimum atomic E-state index is -4.27. The van der Waals surface area contributed by atoms with Crippen molar-refractivity contribution in [1.29, 1.82) is 0 Å². The second kappa shape index (κ2) is 5.10. The van der Waals surface area contributed by atoms with E-state index in [9.17, 15) is 13.2 Å². The number of nitrogen functional groups attached to an aromatic ring is 1. The lowest BCUT2D eigenvalue weighted by Gasteiger charge is -2.16. The minimum Gasteiger partial charge on any atom is -0.399 e. The van der Waals surface area contributed by atoms with Crippen molar-refractivity contribution in [2.45, 2.75) is 32.5 Å². The molecule has 0 bridgehead atoms. The number of hydrogen-bond donors (Lipinski definition) is 1. The van der Waals surface area contributed by atoms with E-state index in [2.05, 4.69) is 15.5 Å². The number of halogens is 3. The molecule has 2 aromatic rings. The van der Waals surface area contributed by atoms with Crippen molar-refractivity contribution in [3.8, 4) is 11.4 Å². The summed E-state index contributed by atoms with van der Waals surface area (Å²) in [5, 5.41) is 11.0. The Balaban J connectivity index is 2.38. The average molecular weight is 285 g/mol. The number of anilines is 1. The molecule has 2 N–H and O–H groups in total. The van der Waals surface area contributed by atoms with Gasteiger partial charge in [0.05, 0.1) is 12.5 Å². The summed E-state index contributed by atoms with van der Waals surface area (Å²) in [5.41, 5.74) is 7.70. The van der Waals surface area contributed by atoms with Crippen LogP contribution in [0.4, 0.5) is 18.9 Å². The van der Waals surface area contributed by atoms with E-state index < -0.39 is 18.6 Å². The zero-order valence-electron chi connectivity index (χ0n) is 11.0. The molecule has 1 heterocycles. The van der Waals surface area contributed by atoms with Gasteiger partial charge >= 0.3 is 6.18 Å². The lowest BCUT2D eigenvalue weighted by atomic mass is 10.1. The molecular weight excluding hydrogens is 271 g/mol. The maximum absolute atomic E-state index is 12.5. The summed E-state index contributed by atoms with van der Waals surface area (Å²) in [5.74, 6) is 0.305. The van der Waals surface area contributed by atoms with Gasteiger partial charge in [-0.1, -0.05) is 0 Å². The first-order chi connectivity index (χ1) is 9.28. The molecule has 0 fully saturated rings. The Bertz CT molecular complexity index is 605. The monoisotopic (exact) mass is 285 g/mol. The molecule has 8 heteroatoms. The molecule has 1 aromatic carbocycles. The van der Waals surface area contributed by atoms with Crippen LogP contribution in [0.25, 0.3) is 11.4 Å². The molecule has 1 atom stereocenters. The molecule has 0 spiro atoms. The van der Waals surface area contributed by atoms with E-state index in [1.807, 2.05) is 0 Å². The second-order valence-corrected chi connectivity index (χ2v) is 4.69. The highest BCUT2D eigenvalue weighted by molar-refractivity contribution is 5.63. The summed E-state index contributed by atoms with van der Waals surface area (Å²) in [6.45, 7) is 3.24. The number of hydrogen-bond acceptors (Lipinski definition) is 4. The van der Waals surface area contributed by atoms with Crippen LogP contribution in [0, 0.1) is 6.92 Å². The van der Waals surface area contributed by atoms with Crippen molar-refractivity contribution in [3.63, 3.8) is 0 Å². The van der Waals surface area contributed by atoms with Gasteiger partial charge in [-0.15, -0.1) is 5.10 Å². The normalized spacial score (nSPS) is 13.4. The Morgan fingerprint density at radius 1 is 1.35 bits per heavy atom. The summed E-state index contributed by atoms with van der Waals surface area (Å²) in [7, 11) is 0. The Kier molecular flexibility index (Phi) is 3.65. The fourth-order valence-electron chi connectivity index (χ4n) is 2.03. The molecule has 0 aliphatic rings. The molecule has 20 heavy (non-hydrogen) atoms. The van der Waals surface area contributed by atoms with Crippen LogP contribution >= 0.6 is 0 Å². The number of aryl methyl sites for hydroxylation is 1. The molecule has 0 saturated carbocycles. The van der Waals surface area contributed by atoms with Crippen LogP contribution in [0.1, 0.15) is 24.9 Å². The molecule has 5 nitrogen and oxygen atoms in total.